The lowest BCUT2D eigenvalue weighted by Gasteiger charge is -2.43. The quantitative estimate of drug-likeness (QED) is 0.940. The number of nitrogens with one attached hydrogen (secondary N) is 1. The van der Waals surface area contributed by atoms with Gasteiger partial charge in [-0.15, -0.1) is 0 Å². The molecule has 1 aromatic carbocycles. The van der Waals surface area contributed by atoms with Gasteiger partial charge < -0.3 is 14.8 Å². The number of aromatic nitrogens is 2. The van der Waals surface area contributed by atoms with E-state index in [1.54, 1.807) is 0 Å². The first kappa shape index (κ1) is 16.1. The fraction of sp³-hybridized carbons (Fsp3) is 0.632. The molecule has 0 amide bonds. The van der Waals surface area contributed by atoms with Crippen molar-refractivity contribution in [2.75, 3.05) is 19.8 Å². The second-order valence-corrected chi connectivity index (χ2v) is 7.31. The predicted molar refractivity (Wildman–Crippen MR) is 94.0 cm³/mol. The van der Waals surface area contributed by atoms with Crippen LogP contribution < -0.4 is 5.32 Å². The molecule has 0 unspecified atom stereocenters. The molecule has 0 radical (unpaired) electrons. The van der Waals surface area contributed by atoms with E-state index in [9.17, 15) is 0 Å². The minimum atomic E-state index is 0.0386. The monoisotopic (exact) mass is 329 g/mol. The van der Waals surface area contributed by atoms with E-state index >= 15 is 0 Å². The molecule has 1 spiro atoms. The molecule has 5 heteroatoms. The highest BCUT2D eigenvalue weighted by molar-refractivity contribution is 5.82. The molecule has 0 aliphatic carbocycles. The van der Waals surface area contributed by atoms with Crippen molar-refractivity contribution in [2.45, 2.75) is 50.8 Å². The van der Waals surface area contributed by atoms with Crippen molar-refractivity contribution in [3.8, 4) is 0 Å². The van der Waals surface area contributed by atoms with Gasteiger partial charge in [-0.25, -0.2) is 0 Å². The van der Waals surface area contributed by atoms with Crippen LogP contribution >= 0.6 is 0 Å². The third-order valence-electron chi connectivity index (χ3n) is 5.54. The number of fused-ring (bicyclic) bond motifs is 1. The Morgan fingerprint density at radius 3 is 2.96 bits per heavy atom. The summed E-state index contributed by atoms with van der Waals surface area (Å²) in [6, 6.07) is 7.04. The third kappa shape index (κ3) is 3.08. The molecule has 2 saturated heterocycles. The molecule has 4 rings (SSSR count). The summed E-state index contributed by atoms with van der Waals surface area (Å²) >= 11 is 0. The maximum Gasteiger partial charge on any atom is 0.0841 e. The van der Waals surface area contributed by atoms with Crippen LogP contribution in [0.1, 0.15) is 36.9 Å². The minimum Gasteiger partial charge on any atom is -0.381 e. The van der Waals surface area contributed by atoms with Crippen molar-refractivity contribution in [3.05, 3.63) is 29.5 Å². The van der Waals surface area contributed by atoms with Gasteiger partial charge >= 0.3 is 0 Å². The number of ether oxygens (including phenoxy) is 2. The first-order chi connectivity index (χ1) is 11.7. The lowest BCUT2D eigenvalue weighted by molar-refractivity contribution is -0.140. The first-order valence-corrected chi connectivity index (χ1v) is 9.03. The van der Waals surface area contributed by atoms with Crippen LogP contribution in [-0.4, -0.2) is 41.2 Å². The highest BCUT2D eigenvalue weighted by Gasteiger charge is 2.38. The zero-order chi connectivity index (χ0) is 16.6. The van der Waals surface area contributed by atoms with Crippen LogP contribution in [0.2, 0.25) is 0 Å². The third-order valence-corrected chi connectivity index (χ3v) is 5.54. The molecule has 0 bridgehead atoms. The minimum absolute atomic E-state index is 0.0386. The van der Waals surface area contributed by atoms with E-state index in [0.29, 0.717) is 6.04 Å². The van der Waals surface area contributed by atoms with Gasteiger partial charge in [-0.05, 0) is 44.7 Å². The van der Waals surface area contributed by atoms with Gasteiger partial charge in [-0.1, -0.05) is 11.6 Å². The van der Waals surface area contributed by atoms with E-state index in [0.717, 1.165) is 57.7 Å². The second kappa shape index (κ2) is 6.47. The summed E-state index contributed by atoms with van der Waals surface area (Å²) in [6.45, 7) is 5.46. The topological polar surface area (TPSA) is 48.3 Å². The Morgan fingerprint density at radius 1 is 1.29 bits per heavy atom. The fourth-order valence-electron chi connectivity index (χ4n) is 4.12. The van der Waals surface area contributed by atoms with Gasteiger partial charge in [0.15, 0.2) is 0 Å². The van der Waals surface area contributed by atoms with Crippen LogP contribution in [-0.2, 0) is 23.1 Å². The van der Waals surface area contributed by atoms with E-state index < -0.39 is 0 Å². The van der Waals surface area contributed by atoms with Crippen molar-refractivity contribution < 1.29 is 9.47 Å². The first-order valence-electron chi connectivity index (χ1n) is 9.03. The molecule has 24 heavy (non-hydrogen) atoms. The molecule has 3 heterocycles. The molecule has 2 aliphatic heterocycles. The number of nitrogens with zero attached hydrogens (tertiary/aromatic N) is 2. The van der Waals surface area contributed by atoms with Crippen molar-refractivity contribution in [1.29, 1.82) is 0 Å². The van der Waals surface area contributed by atoms with Gasteiger partial charge in [0.25, 0.3) is 0 Å². The molecule has 5 nitrogen and oxygen atoms in total. The van der Waals surface area contributed by atoms with Crippen molar-refractivity contribution >= 4 is 10.9 Å². The van der Waals surface area contributed by atoms with Crippen molar-refractivity contribution in [3.63, 3.8) is 0 Å². The maximum atomic E-state index is 6.14. The molecule has 1 atom stereocenters. The molecule has 2 aliphatic rings. The normalized spacial score (nSPS) is 23.8. The van der Waals surface area contributed by atoms with Crippen LogP contribution in [0, 0.1) is 6.92 Å². The Hall–Kier alpha value is -1.43. The summed E-state index contributed by atoms with van der Waals surface area (Å²) < 4.78 is 13.6. The van der Waals surface area contributed by atoms with E-state index in [2.05, 4.69) is 30.4 Å². The van der Waals surface area contributed by atoms with Crippen LogP contribution in [0.5, 0.6) is 0 Å². The summed E-state index contributed by atoms with van der Waals surface area (Å²) in [5.74, 6) is 0. The van der Waals surface area contributed by atoms with Crippen LogP contribution in [0.4, 0.5) is 0 Å². The van der Waals surface area contributed by atoms with E-state index in [4.69, 9.17) is 14.6 Å². The number of hydrogen-bond acceptors (Lipinski definition) is 4. The Balaban J connectivity index is 1.46. The summed E-state index contributed by atoms with van der Waals surface area (Å²) in [6.07, 6.45) is 4.21. The number of benzene rings is 1. The Bertz CT molecular complexity index is 713. The molecule has 1 aromatic heterocycles. The number of rotatable bonds is 3. The summed E-state index contributed by atoms with van der Waals surface area (Å²) in [5.41, 5.74) is 3.66. The Morgan fingerprint density at radius 2 is 2.12 bits per heavy atom. The van der Waals surface area contributed by atoms with Gasteiger partial charge in [-0.2, -0.15) is 5.10 Å². The zero-order valence-electron chi connectivity index (χ0n) is 14.7. The average molecular weight is 329 g/mol. The smallest absolute Gasteiger partial charge is 0.0841 e. The van der Waals surface area contributed by atoms with Gasteiger partial charge in [0, 0.05) is 44.8 Å². The van der Waals surface area contributed by atoms with E-state index in [-0.39, 0.29) is 5.60 Å². The molecule has 2 fully saturated rings. The van der Waals surface area contributed by atoms with Gasteiger partial charge in [-0.3, -0.25) is 4.68 Å². The Labute approximate surface area is 143 Å². The lowest BCUT2D eigenvalue weighted by atomic mass is 9.84. The predicted octanol–water partition coefficient (Wildman–Crippen LogP) is 2.70. The van der Waals surface area contributed by atoms with Crippen molar-refractivity contribution in [1.82, 2.24) is 15.1 Å². The molecule has 0 saturated carbocycles. The van der Waals surface area contributed by atoms with E-state index in [1.807, 2.05) is 11.7 Å². The Kier molecular flexibility index (Phi) is 4.33. The van der Waals surface area contributed by atoms with Crippen LogP contribution in [0.25, 0.3) is 10.9 Å². The maximum absolute atomic E-state index is 6.14. The van der Waals surface area contributed by atoms with Crippen molar-refractivity contribution in [2.24, 2.45) is 7.05 Å². The van der Waals surface area contributed by atoms with Gasteiger partial charge in [0.05, 0.1) is 16.8 Å². The molecule has 2 aromatic rings. The number of hydrogen-bond donors (Lipinski definition) is 1. The summed E-state index contributed by atoms with van der Waals surface area (Å²) in [7, 11) is 2.02. The fourth-order valence-corrected chi connectivity index (χ4v) is 4.12. The molecular formula is C19H27N3O2. The highest BCUT2D eigenvalue weighted by Crippen LogP contribution is 2.34. The zero-order valence-corrected chi connectivity index (χ0v) is 14.7. The van der Waals surface area contributed by atoms with Gasteiger partial charge in [0.1, 0.15) is 0 Å². The lowest BCUT2D eigenvalue weighted by Crippen LogP contribution is -2.49. The summed E-state index contributed by atoms with van der Waals surface area (Å²) in [4.78, 5) is 0. The van der Waals surface area contributed by atoms with Crippen LogP contribution in [0.15, 0.2) is 18.2 Å². The van der Waals surface area contributed by atoms with Crippen LogP contribution in [0.3, 0.4) is 0 Å². The SMILES string of the molecule is Cc1ccc2c(c1)c(CN[C@H]1CCOC3(CCOCC3)C1)nn2C. The largest absolute Gasteiger partial charge is 0.381 e. The highest BCUT2D eigenvalue weighted by atomic mass is 16.5. The number of aryl methyl sites for hydroxylation is 2. The molecule has 130 valence electrons. The standard InChI is InChI=1S/C19H27N3O2/c1-14-3-4-18-16(11-14)17(21-22(18)2)13-20-15-5-8-24-19(12-15)6-9-23-10-7-19/h3-4,11,15,20H,5-10,12-13H2,1-2H3/t15-/m0/s1. The average Bonchev–Trinajstić information content (AvgIpc) is 2.89. The second-order valence-electron chi connectivity index (χ2n) is 7.31. The molecule has 1 N–H and O–H groups in total. The summed E-state index contributed by atoms with van der Waals surface area (Å²) in [5, 5.41) is 9.72. The van der Waals surface area contributed by atoms with E-state index in [1.165, 1.54) is 16.5 Å². The van der Waals surface area contributed by atoms with Gasteiger partial charge in [0.2, 0.25) is 0 Å². The molecular weight excluding hydrogens is 302 g/mol.